The largest absolute Gasteiger partial charge is 0.328 e. The van der Waals surface area contributed by atoms with E-state index in [0.29, 0.717) is 0 Å². The molecule has 0 saturated carbocycles. The molecule has 1 aromatic heterocycles. The summed E-state index contributed by atoms with van der Waals surface area (Å²) in [6, 6.07) is 0. The van der Waals surface area contributed by atoms with Crippen molar-refractivity contribution in [3.05, 3.63) is 4.91 Å². The Kier molecular flexibility index (Phi) is 2.56. The van der Waals surface area contributed by atoms with Crippen molar-refractivity contribution in [3.8, 4) is 0 Å². The molecule has 0 fully saturated rings. The Morgan fingerprint density at radius 3 is 1.92 bits per heavy atom. The lowest BCUT2D eigenvalue weighted by Gasteiger charge is -1.91. The van der Waals surface area contributed by atoms with Gasteiger partial charge in [-0.05, 0) is 0 Å². The zero-order valence-electron chi connectivity index (χ0n) is 6.91. The summed E-state index contributed by atoms with van der Waals surface area (Å²) in [6.07, 6.45) is 2.84. The van der Waals surface area contributed by atoms with E-state index in [1.165, 1.54) is 12.5 Å². The second kappa shape index (κ2) is 3.47. The summed E-state index contributed by atoms with van der Waals surface area (Å²) < 4.78 is 14.7. The predicted molar refractivity (Wildman–Crippen MR) is 45.2 cm³/mol. The van der Waals surface area contributed by atoms with Crippen LogP contribution in [0.1, 0.15) is 0 Å². The highest BCUT2D eigenvalue weighted by atomic mass is 32.2. The lowest BCUT2D eigenvalue weighted by Crippen LogP contribution is -1.94. The predicted octanol–water partition coefficient (Wildman–Crippen LogP) is 0.0236. The van der Waals surface area contributed by atoms with Crippen LogP contribution in [-0.4, -0.2) is 37.1 Å². The number of aromatic nitrogens is 4. The van der Waals surface area contributed by atoms with Gasteiger partial charge in [-0.15, -0.1) is 25.3 Å². The second-order valence-corrected chi connectivity index (χ2v) is 4.91. The van der Waals surface area contributed by atoms with Crippen LogP contribution in [0.15, 0.2) is 9.54 Å². The van der Waals surface area contributed by atoms with Gasteiger partial charge in [-0.3, -0.25) is 0 Å². The molecule has 9 heteroatoms. The molecule has 1 rings (SSSR count). The standard InChI is InChI=1S/C4H6N6O2S/c1-13(2,12)10-4-7-5-3(9-11)6-8-4/h1-2H3. The van der Waals surface area contributed by atoms with Crippen molar-refractivity contribution >= 4 is 21.6 Å². The third-order valence-electron chi connectivity index (χ3n) is 0.841. The fourth-order valence-corrected chi connectivity index (χ4v) is 0.955. The van der Waals surface area contributed by atoms with Crippen molar-refractivity contribution < 1.29 is 4.21 Å². The van der Waals surface area contributed by atoms with Crippen LogP contribution >= 0.6 is 0 Å². The van der Waals surface area contributed by atoms with E-state index >= 15 is 0 Å². The van der Waals surface area contributed by atoms with Gasteiger partial charge in [0, 0.05) is 27.4 Å². The lowest BCUT2D eigenvalue weighted by atomic mass is 11.0. The van der Waals surface area contributed by atoms with Crippen LogP contribution in [0.4, 0.5) is 11.9 Å². The smallest absolute Gasteiger partial charge is 0.250 e. The third-order valence-corrected chi connectivity index (χ3v) is 1.44. The summed E-state index contributed by atoms with van der Waals surface area (Å²) in [4.78, 5) is 9.86. The minimum absolute atomic E-state index is 0.123. The molecule has 1 heterocycles. The molecule has 0 aliphatic carbocycles. The molecule has 70 valence electrons. The van der Waals surface area contributed by atoms with E-state index in [0.717, 1.165) is 0 Å². The van der Waals surface area contributed by atoms with Gasteiger partial charge in [0.25, 0.3) is 5.95 Å². The van der Waals surface area contributed by atoms with Gasteiger partial charge >= 0.3 is 5.95 Å². The Labute approximate surface area is 73.9 Å². The lowest BCUT2D eigenvalue weighted by molar-refractivity contribution is 0.683. The van der Waals surface area contributed by atoms with Gasteiger partial charge < -0.3 is 0 Å². The van der Waals surface area contributed by atoms with Crippen molar-refractivity contribution in [1.82, 2.24) is 20.4 Å². The monoisotopic (exact) mass is 202 g/mol. The summed E-state index contributed by atoms with van der Waals surface area (Å²) in [6.45, 7) is 0. The minimum atomic E-state index is -2.34. The van der Waals surface area contributed by atoms with Crippen molar-refractivity contribution in [2.75, 3.05) is 12.5 Å². The summed E-state index contributed by atoms with van der Waals surface area (Å²) in [5.74, 6) is -0.500. The summed E-state index contributed by atoms with van der Waals surface area (Å²) in [5.41, 5.74) is 0. The van der Waals surface area contributed by atoms with Crippen LogP contribution in [0, 0.1) is 4.91 Å². The van der Waals surface area contributed by atoms with Gasteiger partial charge in [0.1, 0.15) is 0 Å². The maximum atomic E-state index is 11.1. The SMILES string of the molecule is CS(C)(=O)=Nc1nnc(N=O)nn1. The van der Waals surface area contributed by atoms with Crippen LogP contribution < -0.4 is 0 Å². The number of nitroso groups, excluding NO2 is 1. The van der Waals surface area contributed by atoms with Gasteiger partial charge in [0.05, 0.1) is 0 Å². The topological polar surface area (TPSA) is 110 Å². The van der Waals surface area contributed by atoms with E-state index in [9.17, 15) is 9.12 Å². The fourth-order valence-electron chi connectivity index (χ4n) is 0.489. The Hall–Kier alpha value is -1.51. The van der Waals surface area contributed by atoms with Crippen molar-refractivity contribution in [3.63, 3.8) is 0 Å². The molecule has 0 aromatic carbocycles. The molecule has 1 aromatic rings. The Morgan fingerprint density at radius 2 is 1.54 bits per heavy atom. The van der Waals surface area contributed by atoms with Crippen molar-refractivity contribution in [2.24, 2.45) is 9.54 Å². The highest BCUT2D eigenvalue weighted by Gasteiger charge is 2.00. The van der Waals surface area contributed by atoms with E-state index in [2.05, 4.69) is 29.9 Å². The van der Waals surface area contributed by atoms with Gasteiger partial charge in [-0.1, -0.05) is 0 Å². The van der Waals surface area contributed by atoms with Crippen LogP contribution in [0.2, 0.25) is 0 Å². The molecule has 0 saturated heterocycles. The third kappa shape index (κ3) is 3.15. The molecular formula is C4H6N6O2S. The van der Waals surface area contributed by atoms with Crippen molar-refractivity contribution in [1.29, 1.82) is 0 Å². The molecule has 8 nitrogen and oxygen atoms in total. The molecule has 0 atom stereocenters. The van der Waals surface area contributed by atoms with E-state index in [4.69, 9.17) is 0 Å². The highest BCUT2D eigenvalue weighted by Crippen LogP contribution is 2.04. The summed E-state index contributed by atoms with van der Waals surface area (Å²) >= 11 is 0. The minimum Gasteiger partial charge on any atom is -0.250 e. The fraction of sp³-hybridized carbons (Fsp3) is 0.500. The van der Waals surface area contributed by atoms with E-state index in [-0.39, 0.29) is 11.9 Å². The highest BCUT2D eigenvalue weighted by molar-refractivity contribution is 7.92. The first kappa shape index (κ1) is 9.58. The average Bonchev–Trinajstić information content (AvgIpc) is 2.03. The second-order valence-electron chi connectivity index (χ2n) is 2.36. The van der Waals surface area contributed by atoms with Crippen LogP contribution in [-0.2, 0) is 9.73 Å². The zero-order valence-corrected chi connectivity index (χ0v) is 7.72. The summed E-state index contributed by atoms with van der Waals surface area (Å²) in [5, 5.41) is 15.7. The first-order chi connectivity index (χ1) is 6.01. The zero-order chi connectivity index (χ0) is 9.90. The van der Waals surface area contributed by atoms with Crippen molar-refractivity contribution in [2.45, 2.75) is 0 Å². The summed E-state index contributed by atoms with van der Waals surface area (Å²) in [7, 11) is -2.34. The van der Waals surface area contributed by atoms with Crippen LogP contribution in [0.25, 0.3) is 0 Å². The van der Waals surface area contributed by atoms with Gasteiger partial charge in [-0.2, -0.15) is 4.36 Å². The molecule has 0 aliphatic rings. The van der Waals surface area contributed by atoms with E-state index in [1.54, 1.807) is 0 Å². The van der Waals surface area contributed by atoms with Gasteiger partial charge in [0.15, 0.2) is 0 Å². The van der Waals surface area contributed by atoms with Crippen LogP contribution in [0.3, 0.4) is 0 Å². The Balaban J connectivity index is 3.07. The Morgan fingerprint density at radius 1 is 1.08 bits per heavy atom. The normalized spacial score (nSPS) is 10.9. The molecule has 0 aliphatic heterocycles. The van der Waals surface area contributed by atoms with E-state index in [1.807, 2.05) is 0 Å². The molecule has 0 unspecified atom stereocenters. The number of hydrogen-bond acceptors (Lipinski definition) is 8. The number of hydrogen-bond donors (Lipinski definition) is 0. The van der Waals surface area contributed by atoms with Gasteiger partial charge in [0.2, 0.25) is 0 Å². The number of rotatable bonds is 2. The molecule has 13 heavy (non-hydrogen) atoms. The maximum Gasteiger partial charge on any atom is 0.328 e. The Bertz CT molecular complexity index is 411. The first-order valence-electron chi connectivity index (χ1n) is 3.09. The first-order valence-corrected chi connectivity index (χ1v) is 5.42. The van der Waals surface area contributed by atoms with Crippen LogP contribution in [0.5, 0.6) is 0 Å². The van der Waals surface area contributed by atoms with Gasteiger partial charge in [-0.25, -0.2) is 4.21 Å². The number of nitrogens with zero attached hydrogens (tertiary/aromatic N) is 6. The maximum absolute atomic E-state index is 11.1. The molecule has 0 amide bonds. The quantitative estimate of drug-likeness (QED) is 0.625. The van der Waals surface area contributed by atoms with E-state index < -0.39 is 9.73 Å². The molecule has 0 radical (unpaired) electrons. The average molecular weight is 202 g/mol. The molecule has 0 bridgehead atoms. The molecule has 0 spiro atoms. The molecule has 0 N–H and O–H groups in total. The molecular weight excluding hydrogens is 196 g/mol.